The Morgan fingerprint density at radius 1 is 1.30 bits per heavy atom. The first-order valence-corrected chi connectivity index (χ1v) is 4.05. The zero-order valence-corrected chi connectivity index (χ0v) is 6.77. The van der Waals surface area contributed by atoms with Crippen molar-refractivity contribution in [3.8, 4) is 0 Å². The van der Waals surface area contributed by atoms with E-state index in [1.54, 1.807) is 0 Å². The van der Waals surface area contributed by atoms with Gasteiger partial charge >= 0.3 is 0 Å². The Morgan fingerprint density at radius 2 is 1.90 bits per heavy atom. The van der Waals surface area contributed by atoms with Crippen LogP contribution in [-0.2, 0) is 0 Å². The summed E-state index contributed by atoms with van der Waals surface area (Å²) in [5, 5.41) is 0. The molecule has 1 nitrogen and oxygen atoms in total. The van der Waals surface area contributed by atoms with E-state index in [1.807, 2.05) is 6.08 Å². The fourth-order valence-electron chi connectivity index (χ4n) is 1.38. The summed E-state index contributed by atoms with van der Waals surface area (Å²) in [5.41, 5.74) is 1.33. The van der Waals surface area contributed by atoms with Gasteiger partial charge in [-0.05, 0) is 33.1 Å². The monoisotopic (exact) mass is 138 g/mol. The first-order valence-electron chi connectivity index (χ1n) is 4.05. The van der Waals surface area contributed by atoms with Crippen LogP contribution >= 0.6 is 0 Å². The van der Waals surface area contributed by atoms with Gasteiger partial charge in [-0.25, -0.2) is 0 Å². The maximum Gasteiger partial charge on any atom is 0.0174 e. The largest absolute Gasteiger partial charge is 0.375 e. The van der Waals surface area contributed by atoms with Crippen LogP contribution in [0.2, 0.25) is 0 Å². The number of likely N-dealkylation sites (tertiary alicyclic amines) is 1. The predicted octanol–water partition coefficient (Wildman–Crippen LogP) is 2.21. The van der Waals surface area contributed by atoms with Gasteiger partial charge in [0.05, 0.1) is 0 Å². The Morgan fingerprint density at radius 3 is 2.40 bits per heavy atom. The maximum atomic E-state index is 3.76. The van der Waals surface area contributed by atoms with Crippen molar-refractivity contribution in [1.82, 2.24) is 4.90 Å². The third kappa shape index (κ3) is 1.76. The summed E-state index contributed by atoms with van der Waals surface area (Å²) in [6, 6.07) is 0. The smallest absolute Gasteiger partial charge is 0.0174 e. The number of hydrogen-bond donors (Lipinski definition) is 0. The van der Waals surface area contributed by atoms with Gasteiger partial charge in [0.2, 0.25) is 0 Å². The van der Waals surface area contributed by atoms with Crippen molar-refractivity contribution < 1.29 is 0 Å². The molecule has 1 saturated heterocycles. The average molecular weight is 138 g/mol. The van der Waals surface area contributed by atoms with E-state index in [1.165, 1.54) is 38.0 Å². The molecule has 1 fully saturated rings. The number of allylic oxidation sites excluding steroid dienone is 2. The van der Waals surface area contributed by atoms with Gasteiger partial charge in [-0.1, -0.05) is 6.08 Å². The van der Waals surface area contributed by atoms with Gasteiger partial charge < -0.3 is 4.90 Å². The van der Waals surface area contributed by atoms with E-state index in [4.69, 9.17) is 0 Å². The summed E-state index contributed by atoms with van der Waals surface area (Å²) in [6.07, 6.45) is 6.06. The molecule has 1 aliphatic heterocycles. The predicted molar refractivity (Wildman–Crippen MR) is 44.5 cm³/mol. The molecule has 0 aliphatic carbocycles. The first-order chi connectivity index (χ1) is 4.84. The van der Waals surface area contributed by atoms with E-state index in [9.17, 15) is 0 Å². The van der Waals surface area contributed by atoms with Gasteiger partial charge in [-0.3, -0.25) is 0 Å². The van der Waals surface area contributed by atoms with Gasteiger partial charge in [0, 0.05) is 18.8 Å². The van der Waals surface area contributed by atoms with Crippen LogP contribution < -0.4 is 0 Å². The molecule has 0 amide bonds. The highest BCUT2D eigenvalue weighted by Crippen LogP contribution is 2.13. The maximum absolute atomic E-state index is 3.76. The third-order valence-electron chi connectivity index (χ3n) is 2.15. The molecule has 1 heteroatoms. The molecular formula is C9H16N. The van der Waals surface area contributed by atoms with Gasteiger partial charge in [0.25, 0.3) is 0 Å². The summed E-state index contributed by atoms with van der Waals surface area (Å²) >= 11 is 0. The first kappa shape index (κ1) is 7.64. The zero-order chi connectivity index (χ0) is 7.40. The molecule has 0 aromatic heterocycles. The van der Waals surface area contributed by atoms with Crippen molar-refractivity contribution >= 4 is 0 Å². The van der Waals surface area contributed by atoms with Gasteiger partial charge in [0.1, 0.15) is 0 Å². The number of piperidine rings is 1. The van der Waals surface area contributed by atoms with E-state index in [2.05, 4.69) is 18.7 Å². The van der Waals surface area contributed by atoms with Crippen molar-refractivity contribution in [1.29, 1.82) is 0 Å². The number of nitrogens with zero attached hydrogens (tertiary/aromatic N) is 1. The van der Waals surface area contributed by atoms with Gasteiger partial charge in [0.15, 0.2) is 0 Å². The molecule has 10 heavy (non-hydrogen) atoms. The normalized spacial score (nSPS) is 21.4. The Balaban J connectivity index is 2.39. The van der Waals surface area contributed by atoms with Crippen LogP contribution in [0.5, 0.6) is 0 Å². The van der Waals surface area contributed by atoms with E-state index < -0.39 is 0 Å². The molecule has 1 radical (unpaired) electrons. The Labute approximate surface area is 63.7 Å². The standard InChI is InChI=1S/C9H16N/c1-3-9(2)10-7-5-4-6-8-10/h3H,1,4-8H2,2H3/b9-3-. The van der Waals surface area contributed by atoms with Crippen molar-refractivity contribution in [2.75, 3.05) is 13.1 Å². The fraction of sp³-hybridized carbons (Fsp3) is 0.667. The molecule has 0 atom stereocenters. The van der Waals surface area contributed by atoms with Crippen molar-refractivity contribution in [2.45, 2.75) is 26.2 Å². The molecule has 0 bridgehead atoms. The lowest BCUT2D eigenvalue weighted by atomic mass is 10.1. The van der Waals surface area contributed by atoms with E-state index in [0.717, 1.165) is 0 Å². The Bertz CT molecular complexity index is 121. The Hall–Kier alpha value is -0.460. The lowest BCUT2D eigenvalue weighted by Gasteiger charge is -2.29. The minimum atomic E-state index is 1.23. The minimum Gasteiger partial charge on any atom is -0.375 e. The van der Waals surface area contributed by atoms with Gasteiger partial charge in [-0.2, -0.15) is 0 Å². The molecule has 1 aliphatic rings. The van der Waals surface area contributed by atoms with Crippen LogP contribution in [0.1, 0.15) is 26.2 Å². The molecule has 0 aromatic carbocycles. The van der Waals surface area contributed by atoms with Crippen LogP contribution in [0, 0.1) is 6.92 Å². The molecule has 0 spiro atoms. The second-order valence-electron chi connectivity index (χ2n) is 2.89. The minimum absolute atomic E-state index is 1.23. The third-order valence-corrected chi connectivity index (χ3v) is 2.15. The lowest BCUT2D eigenvalue weighted by molar-refractivity contribution is 0.286. The highest BCUT2D eigenvalue weighted by Gasteiger charge is 2.08. The van der Waals surface area contributed by atoms with Crippen LogP contribution in [0.3, 0.4) is 0 Å². The van der Waals surface area contributed by atoms with Crippen molar-refractivity contribution in [3.05, 3.63) is 18.7 Å². The SMILES string of the molecule is [CH2]/C=C(/C)N1CCCCC1. The van der Waals surface area contributed by atoms with Crippen LogP contribution in [0.15, 0.2) is 11.8 Å². The Kier molecular flexibility index (Phi) is 2.79. The van der Waals surface area contributed by atoms with E-state index in [0.29, 0.717) is 0 Å². The topological polar surface area (TPSA) is 3.24 Å². The second kappa shape index (κ2) is 3.65. The molecule has 1 rings (SSSR count). The summed E-state index contributed by atoms with van der Waals surface area (Å²) < 4.78 is 0. The van der Waals surface area contributed by atoms with E-state index >= 15 is 0 Å². The highest BCUT2D eigenvalue weighted by molar-refractivity contribution is 4.99. The number of hydrogen-bond acceptors (Lipinski definition) is 1. The van der Waals surface area contributed by atoms with Crippen LogP contribution in [0.4, 0.5) is 0 Å². The van der Waals surface area contributed by atoms with Crippen molar-refractivity contribution in [2.24, 2.45) is 0 Å². The summed E-state index contributed by atoms with van der Waals surface area (Å²) in [7, 11) is 0. The molecule has 0 saturated carbocycles. The zero-order valence-electron chi connectivity index (χ0n) is 6.77. The lowest BCUT2D eigenvalue weighted by Crippen LogP contribution is -2.27. The highest BCUT2D eigenvalue weighted by atomic mass is 15.1. The summed E-state index contributed by atoms with van der Waals surface area (Å²) in [6.45, 7) is 8.36. The summed E-state index contributed by atoms with van der Waals surface area (Å²) in [4.78, 5) is 2.41. The molecule has 0 N–H and O–H groups in total. The van der Waals surface area contributed by atoms with Crippen molar-refractivity contribution in [3.63, 3.8) is 0 Å². The second-order valence-corrected chi connectivity index (χ2v) is 2.89. The molecule has 0 unspecified atom stereocenters. The molecular weight excluding hydrogens is 122 g/mol. The van der Waals surface area contributed by atoms with Crippen LogP contribution in [-0.4, -0.2) is 18.0 Å². The molecule has 57 valence electrons. The summed E-state index contributed by atoms with van der Waals surface area (Å²) in [5.74, 6) is 0. The van der Waals surface area contributed by atoms with E-state index in [-0.39, 0.29) is 0 Å². The van der Waals surface area contributed by atoms with Gasteiger partial charge in [-0.15, -0.1) is 0 Å². The quantitative estimate of drug-likeness (QED) is 0.537. The molecule has 1 heterocycles. The van der Waals surface area contributed by atoms with Crippen LogP contribution in [0.25, 0.3) is 0 Å². The average Bonchev–Trinajstić information content (AvgIpc) is 2.05. The fourth-order valence-corrected chi connectivity index (χ4v) is 1.38. The molecule has 0 aromatic rings. The number of rotatable bonds is 1.